The molecule has 3 aromatic carbocycles. The van der Waals surface area contributed by atoms with Crippen LogP contribution in [0.25, 0.3) is 11.1 Å². The van der Waals surface area contributed by atoms with E-state index in [1.54, 1.807) is 30.3 Å². The number of nitrogens with zero attached hydrogens (tertiary/aromatic N) is 1. The molecule has 1 unspecified atom stereocenters. The van der Waals surface area contributed by atoms with Crippen molar-refractivity contribution < 1.29 is 26.7 Å². The summed E-state index contributed by atoms with van der Waals surface area (Å²) in [6.45, 7) is 1.15. The zero-order chi connectivity index (χ0) is 30.7. The van der Waals surface area contributed by atoms with Gasteiger partial charge in [-0.15, -0.1) is 0 Å². The molecule has 44 heavy (non-hydrogen) atoms. The summed E-state index contributed by atoms with van der Waals surface area (Å²) in [7, 11) is -3.30. The Bertz CT molecular complexity index is 1600. The quantitative estimate of drug-likeness (QED) is 0.233. The maximum Gasteiger partial charge on any atom is 0.387 e. The van der Waals surface area contributed by atoms with E-state index in [9.17, 15) is 17.2 Å². The van der Waals surface area contributed by atoms with Crippen molar-refractivity contribution in [3.05, 3.63) is 88.6 Å². The van der Waals surface area contributed by atoms with Crippen LogP contribution in [0.1, 0.15) is 42.7 Å². The number of para-hydroxylation sites is 1. The van der Waals surface area contributed by atoms with Crippen LogP contribution in [-0.2, 0) is 21.0 Å². The number of hydrogen-bond acceptors (Lipinski definition) is 6. The van der Waals surface area contributed by atoms with Gasteiger partial charge in [0.25, 0.3) is 0 Å². The monoisotopic (exact) mass is 642 g/mol. The molecule has 2 aliphatic heterocycles. The van der Waals surface area contributed by atoms with Gasteiger partial charge in [-0.3, -0.25) is 4.90 Å². The molecule has 0 aromatic heterocycles. The summed E-state index contributed by atoms with van der Waals surface area (Å²) >= 11 is 6.79. The molecule has 2 heterocycles. The molecule has 1 atom stereocenters. The molecule has 10 heteroatoms. The molecule has 3 aromatic rings. The molecular weight excluding hydrogens is 606 g/mol. The van der Waals surface area contributed by atoms with Gasteiger partial charge in [0.1, 0.15) is 5.75 Å². The number of ether oxygens (including phenoxy) is 2. The van der Waals surface area contributed by atoms with Gasteiger partial charge < -0.3 is 14.8 Å². The SMILES string of the molecule is O=S(=O)(CC1CC1)c1ccc(C(CCN2CCOCC2)C2=CCCc3cc(-c4ccccc4OC(F)F)c(Cl)cc3N2)cc1. The number of alkyl halides is 2. The van der Waals surface area contributed by atoms with Crippen LogP contribution in [0.3, 0.4) is 0 Å². The first-order valence-electron chi connectivity index (χ1n) is 15.2. The van der Waals surface area contributed by atoms with Gasteiger partial charge in [-0.05, 0) is 86.0 Å². The number of anilines is 1. The van der Waals surface area contributed by atoms with Gasteiger partial charge in [0.15, 0.2) is 9.84 Å². The third kappa shape index (κ3) is 7.45. The number of morpholine rings is 1. The predicted molar refractivity (Wildman–Crippen MR) is 169 cm³/mol. The average molecular weight is 643 g/mol. The van der Waals surface area contributed by atoms with Gasteiger partial charge in [-0.1, -0.05) is 48.0 Å². The summed E-state index contributed by atoms with van der Waals surface area (Å²) in [5, 5.41) is 4.08. The summed E-state index contributed by atoms with van der Waals surface area (Å²) in [5.74, 6) is 0.592. The molecule has 6 nitrogen and oxygen atoms in total. The topological polar surface area (TPSA) is 67.9 Å². The highest BCUT2D eigenvalue weighted by atomic mass is 35.5. The van der Waals surface area contributed by atoms with E-state index in [-0.39, 0.29) is 17.4 Å². The zero-order valence-electron chi connectivity index (χ0n) is 24.5. The lowest BCUT2D eigenvalue weighted by Gasteiger charge is -2.30. The Morgan fingerprint density at radius 3 is 2.50 bits per heavy atom. The molecule has 234 valence electrons. The van der Waals surface area contributed by atoms with Gasteiger partial charge in [0.2, 0.25) is 0 Å². The number of halogens is 3. The Morgan fingerprint density at radius 2 is 1.77 bits per heavy atom. The van der Waals surface area contributed by atoms with Crippen LogP contribution < -0.4 is 10.1 Å². The number of aryl methyl sites for hydroxylation is 1. The van der Waals surface area contributed by atoms with Crippen molar-refractivity contribution in [2.45, 2.75) is 49.5 Å². The Balaban J connectivity index is 1.28. The van der Waals surface area contributed by atoms with E-state index < -0.39 is 16.4 Å². The Hall–Kier alpha value is -2.98. The third-order valence-electron chi connectivity index (χ3n) is 8.65. The minimum absolute atomic E-state index is 0.00241. The second kappa shape index (κ2) is 13.6. The van der Waals surface area contributed by atoms with Gasteiger partial charge in [-0.25, -0.2) is 8.42 Å². The molecular formula is C34H37ClF2N2O4S. The first-order chi connectivity index (χ1) is 21.3. The van der Waals surface area contributed by atoms with Crippen LogP contribution in [0.4, 0.5) is 14.5 Å². The lowest BCUT2D eigenvalue weighted by Crippen LogP contribution is -2.37. The van der Waals surface area contributed by atoms with E-state index >= 15 is 0 Å². The van der Waals surface area contributed by atoms with E-state index in [1.807, 2.05) is 24.3 Å². The second-order valence-corrected chi connectivity index (χ2v) is 14.2. The normalized spacial score (nSPS) is 18.2. The van der Waals surface area contributed by atoms with E-state index in [2.05, 4.69) is 16.3 Å². The van der Waals surface area contributed by atoms with Crippen molar-refractivity contribution in [2.24, 2.45) is 5.92 Å². The summed E-state index contributed by atoms with van der Waals surface area (Å²) in [4.78, 5) is 2.78. The maximum absolute atomic E-state index is 13.1. The standard InChI is InChI=1S/C34H37ClF2N2O4S/c35-30-21-32-25(20-29(30)28-5-1-2-7-33(28)43-34(36)37)4-3-6-31(38-32)27(14-15-39-16-18-42-19-17-39)24-10-12-26(13-11-24)44(40,41)22-23-8-9-23/h1-2,5-7,10-13,20-21,23,27,34,38H,3-4,8-9,14-19,22H2. The van der Waals surface area contributed by atoms with Crippen molar-refractivity contribution in [2.75, 3.05) is 43.9 Å². The molecule has 0 spiro atoms. The molecule has 6 rings (SSSR count). The van der Waals surface area contributed by atoms with Crippen LogP contribution in [0.2, 0.25) is 5.02 Å². The van der Waals surface area contributed by atoms with Crippen LogP contribution in [0.15, 0.2) is 77.3 Å². The smallest absolute Gasteiger partial charge is 0.387 e. The molecule has 1 saturated heterocycles. The Labute approximate surface area is 262 Å². The molecule has 1 saturated carbocycles. The summed E-state index contributed by atoms with van der Waals surface area (Å²) in [6, 6.07) is 17.9. The molecule has 0 radical (unpaired) electrons. The van der Waals surface area contributed by atoms with Crippen LogP contribution >= 0.6 is 11.6 Å². The molecule has 1 aliphatic carbocycles. The number of benzene rings is 3. The fourth-order valence-electron chi connectivity index (χ4n) is 6.09. The van der Waals surface area contributed by atoms with Gasteiger partial charge in [-0.2, -0.15) is 8.78 Å². The van der Waals surface area contributed by atoms with Gasteiger partial charge >= 0.3 is 6.61 Å². The van der Waals surface area contributed by atoms with Crippen molar-refractivity contribution >= 4 is 27.1 Å². The molecule has 0 bridgehead atoms. The van der Waals surface area contributed by atoms with Crippen LogP contribution in [0.5, 0.6) is 5.75 Å². The summed E-state index contributed by atoms with van der Waals surface area (Å²) in [5.41, 5.74) is 5.13. The molecule has 2 fully saturated rings. The van der Waals surface area contributed by atoms with Crippen molar-refractivity contribution in [1.29, 1.82) is 0 Å². The van der Waals surface area contributed by atoms with Gasteiger partial charge in [0, 0.05) is 41.5 Å². The van der Waals surface area contributed by atoms with Crippen molar-refractivity contribution in [1.82, 2.24) is 4.90 Å². The molecule has 1 N–H and O–H groups in total. The third-order valence-corrected chi connectivity index (χ3v) is 10.9. The Kier molecular flexibility index (Phi) is 9.56. The largest absolute Gasteiger partial charge is 0.434 e. The highest BCUT2D eigenvalue weighted by molar-refractivity contribution is 7.91. The number of allylic oxidation sites excluding steroid dienone is 2. The number of rotatable bonds is 11. The number of hydrogen-bond donors (Lipinski definition) is 1. The van der Waals surface area contributed by atoms with Gasteiger partial charge in [0.05, 0.1) is 28.9 Å². The summed E-state index contributed by atoms with van der Waals surface area (Å²) < 4.78 is 62.4. The number of sulfone groups is 1. The minimum atomic E-state index is -3.30. The Morgan fingerprint density at radius 1 is 1.02 bits per heavy atom. The first-order valence-corrected chi connectivity index (χ1v) is 17.3. The second-order valence-electron chi connectivity index (χ2n) is 11.8. The molecule has 3 aliphatic rings. The lowest BCUT2D eigenvalue weighted by molar-refractivity contribution is -0.0494. The van der Waals surface area contributed by atoms with E-state index in [0.717, 1.165) is 87.5 Å². The van der Waals surface area contributed by atoms with E-state index in [4.69, 9.17) is 21.1 Å². The fourth-order valence-corrected chi connectivity index (χ4v) is 8.05. The zero-order valence-corrected chi connectivity index (χ0v) is 26.1. The fraction of sp³-hybridized carbons (Fsp3) is 0.412. The first kappa shape index (κ1) is 31.0. The highest BCUT2D eigenvalue weighted by Gasteiger charge is 2.29. The van der Waals surface area contributed by atoms with E-state index in [1.165, 1.54) is 6.07 Å². The van der Waals surface area contributed by atoms with Crippen LogP contribution in [0, 0.1) is 5.92 Å². The van der Waals surface area contributed by atoms with Crippen LogP contribution in [-0.4, -0.2) is 58.5 Å². The summed E-state index contributed by atoms with van der Waals surface area (Å²) in [6.07, 6.45) is 6.54. The van der Waals surface area contributed by atoms with Crippen molar-refractivity contribution in [3.8, 4) is 16.9 Å². The average Bonchev–Trinajstić information content (AvgIpc) is 3.84. The minimum Gasteiger partial charge on any atom is -0.434 e. The van der Waals surface area contributed by atoms with Crippen molar-refractivity contribution in [3.63, 3.8) is 0 Å². The molecule has 0 amide bonds. The van der Waals surface area contributed by atoms with E-state index in [0.29, 0.717) is 27.0 Å². The predicted octanol–water partition coefficient (Wildman–Crippen LogP) is 7.54. The number of nitrogens with one attached hydrogen (secondary N) is 1. The maximum atomic E-state index is 13.1. The number of fused-ring (bicyclic) bond motifs is 1. The lowest BCUT2D eigenvalue weighted by atomic mass is 9.91. The highest BCUT2D eigenvalue weighted by Crippen LogP contribution is 2.41.